The molecule has 1 aromatic heterocycles. The number of hydrogen-bond acceptors (Lipinski definition) is 5. The van der Waals surface area contributed by atoms with Crippen molar-refractivity contribution < 1.29 is 14.6 Å². The molecule has 1 unspecified atom stereocenters. The summed E-state index contributed by atoms with van der Waals surface area (Å²) in [6.45, 7) is 3.90. The van der Waals surface area contributed by atoms with Crippen LogP contribution in [0.25, 0.3) is 10.1 Å². The number of carbonyl (C=O) groups is 1. The Balaban J connectivity index is 2.33. The molecule has 4 nitrogen and oxygen atoms in total. The van der Waals surface area contributed by atoms with Gasteiger partial charge >= 0.3 is 5.97 Å². The van der Waals surface area contributed by atoms with Gasteiger partial charge in [-0.3, -0.25) is 0 Å². The van der Waals surface area contributed by atoms with Gasteiger partial charge in [0.25, 0.3) is 0 Å². The molecule has 1 N–H and O–H groups in total. The molecule has 0 aliphatic carbocycles. The summed E-state index contributed by atoms with van der Waals surface area (Å²) in [4.78, 5) is 11.4. The molecule has 1 heterocycles. The molecule has 0 amide bonds. The first kappa shape index (κ1) is 12.0. The normalized spacial score (nSPS) is 12.6. The maximum Gasteiger partial charge on any atom is 0.339 e. The lowest BCUT2D eigenvalue weighted by atomic mass is 10.1. The Morgan fingerprint density at radius 2 is 2.35 bits per heavy atom. The van der Waals surface area contributed by atoms with Crippen LogP contribution in [0, 0.1) is 6.92 Å². The summed E-state index contributed by atoms with van der Waals surface area (Å²) in [5.41, 5.74) is 1.50. The van der Waals surface area contributed by atoms with Gasteiger partial charge in [0.2, 0.25) is 0 Å². The highest BCUT2D eigenvalue weighted by Gasteiger charge is 2.19. The highest BCUT2D eigenvalue weighted by Crippen LogP contribution is 2.26. The Kier molecular flexibility index (Phi) is 3.40. The maximum atomic E-state index is 11.4. The molecule has 17 heavy (non-hydrogen) atoms. The summed E-state index contributed by atoms with van der Waals surface area (Å²) in [6.07, 6.45) is -1.22. The van der Waals surface area contributed by atoms with E-state index in [2.05, 4.69) is 4.37 Å². The number of hydrogen-bond donors (Lipinski definition) is 1. The average molecular weight is 251 g/mol. The monoisotopic (exact) mass is 251 g/mol. The quantitative estimate of drug-likeness (QED) is 0.850. The van der Waals surface area contributed by atoms with Gasteiger partial charge < -0.3 is 9.84 Å². The van der Waals surface area contributed by atoms with E-state index < -0.39 is 12.1 Å². The van der Waals surface area contributed by atoms with Crippen molar-refractivity contribution in [2.75, 3.05) is 6.61 Å². The third-order valence-corrected chi connectivity index (χ3v) is 3.40. The van der Waals surface area contributed by atoms with Crippen molar-refractivity contribution in [3.63, 3.8) is 0 Å². The molecule has 90 valence electrons. The standard InChI is InChI=1S/C12H13NO3S/c1-3-16-12(15)11(14)8-4-5-9-7(2)13-17-10(9)6-8/h4-6,11,14H,3H2,1-2H3. The third kappa shape index (κ3) is 2.30. The lowest BCUT2D eigenvalue weighted by molar-refractivity contribution is -0.153. The molecule has 0 aliphatic heterocycles. The van der Waals surface area contributed by atoms with Crippen LogP contribution in [0.4, 0.5) is 0 Å². The fraction of sp³-hybridized carbons (Fsp3) is 0.333. The largest absolute Gasteiger partial charge is 0.464 e. The number of ether oxygens (including phenoxy) is 1. The molecule has 0 radical (unpaired) electrons. The van der Waals surface area contributed by atoms with Crippen molar-refractivity contribution in [2.45, 2.75) is 20.0 Å². The van der Waals surface area contributed by atoms with Gasteiger partial charge in [-0.25, -0.2) is 4.79 Å². The molecule has 2 rings (SSSR count). The number of aryl methyl sites for hydroxylation is 1. The number of carbonyl (C=O) groups excluding carboxylic acids is 1. The molecule has 0 aliphatic rings. The number of aliphatic hydroxyl groups excluding tert-OH is 1. The third-order valence-electron chi connectivity index (χ3n) is 2.50. The van der Waals surface area contributed by atoms with Gasteiger partial charge in [-0.05, 0) is 37.0 Å². The fourth-order valence-corrected chi connectivity index (χ4v) is 2.44. The Labute approximate surface area is 103 Å². The molecule has 0 spiro atoms. The smallest absolute Gasteiger partial charge is 0.339 e. The Morgan fingerprint density at radius 3 is 3.06 bits per heavy atom. The van der Waals surface area contributed by atoms with Crippen molar-refractivity contribution >= 4 is 27.6 Å². The van der Waals surface area contributed by atoms with E-state index in [0.29, 0.717) is 5.56 Å². The van der Waals surface area contributed by atoms with Crippen LogP contribution in [0.3, 0.4) is 0 Å². The van der Waals surface area contributed by atoms with Crippen LogP contribution in [0.1, 0.15) is 24.3 Å². The predicted octanol–water partition coefficient (Wildman–Crippen LogP) is 2.20. The van der Waals surface area contributed by atoms with Gasteiger partial charge in [-0.2, -0.15) is 4.37 Å². The molecule has 0 fully saturated rings. The molecular formula is C12H13NO3S. The molecule has 1 aromatic carbocycles. The summed E-state index contributed by atoms with van der Waals surface area (Å²) < 4.78 is 9.96. The van der Waals surface area contributed by atoms with Crippen molar-refractivity contribution in [2.24, 2.45) is 0 Å². The number of aromatic nitrogens is 1. The first-order valence-electron chi connectivity index (χ1n) is 5.34. The van der Waals surface area contributed by atoms with Crippen LogP contribution < -0.4 is 0 Å². The Hall–Kier alpha value is -1.46. The van der Waals surface area contributed by atoms with E-state index in [1.54, 1.807) is 19.1 Å². The van der Waals surface area contributed by atoms with Crippen molar-refractivity contribution in [3.8, 4) is 0 Å². The van der Waals surface area contributed by atoms with E-state index in [4.69, 9.17) is 4.74 Å². The molecule has 2 aromatic rings. The van der Waals surface area contributed by atoms with Gasteiger partial charge in [0, 0.05) is 5.39 Å². The topological polar surface area (TPSA) is 59.4 Å². The van der Waals surface area contributed by atoms with Gasteiger partial charge in [-0.1, -0.05) is 12.1 Å². The van der Waals surface area contributed by atoms with Gasteiger partial charge in [0.15, 0.2) is 6.10 Å². The summed E-state index contributed by atoms with van der Waals surface area (Å²) in [5.74, 6) is -0.618. The van der Waals surface area contributed by atoms with Crippen LogP contribution in [0.5, 0.6) is 0 Å². The predicted molar refractivity (Wildman–Crippen MR) is 65.9 cm³/mol. The second-order valence-electron chi connectivity index (χ2n) is 3.68. The van der Waals surface area contributed by atoms with Crippen molar-refractivity contribution in [3.05, 3.63) is 29.5 Å². The molecule has 0 saturated carbocycles. The number of rotatable bonds is 3. The van der Waals surface area contributed by atoms with E-state index in [9.17, 15) is 9.90 Å². The minimum absolute atomic E-state index is 0.262. The van der Waals surface area contributed by atoms with Crippen LogP contribution in [0.15, 0.2) is 18.2 Å². The van der Waals surface area contributed by atoms with Crippen LogP contribution in [-0.2, 0) is 9.53 Å². The SMILES string of the molecule is CCOC(=O)C(O)c1ccc2c(C)nsc2c1. The summed E-state index contributed by atoms with van der Waals surface area (Å²) >= 11 is 1.36. The molecule has 1 atom stereocenters. The van der Waals surface area contributed by atoms with E-state index in [0.717, 1.165) is 15.8 Å². The zero-order valence-electron chi connectivity index (χ0n) is 9.64. The zero-order valence-corrected chi connectivity index (χ0v) is 10.5. The Bertz CT molecular complexity index is 550. The van der Waals surface area contributed by atoms with Gasteiger partial charge in [0.05, 0.1) is 17.0 Å². The van der Waals surface area contributed by atoms with E-state index in [1.165, 1.54) is 11.5 Å². The minimum atomic E-state index is -1.22. The summed E-state index contributed by atoms with van der Waals surface area (Å²) in [5, 5.41) is 10.8. The highest BCUT2D eigenvalue weighted by molar-refractivity contribution is 7.13. The number of benzene rings is 1. The molecular weight excluding hydrogens is 238 g/mol. The second kappa shape index (κ2) is 4.81. The van der Waals surface area contributed by atoms with Gasteiger partial charge in [0.1, 0.15) is 0 Å². The first-order valence-corrected chi connectivity index (χ1v) is 6.11. The van der Waals surface area contributed by atoms with Crippen molar-refractivity contribution in [1.82, 2.24) is 4.37 Å². The first-order chi connectivity index (χ1) is 8.13. The number of nitrogens with zero attached hydrogens (tertiary/aromatic N) is 1. The van der Waals surface area contributed by atoms with E-state index >= 15 is 0 Å². The molecule has 0 bridgehead atoms. The minimum Gasteiger partial charge on any atom is -0.464 e. The van der Waals surface area contributed by atoms with Gasteiger partial charge in [-0.15, -0.1) is 0 Å². The summed E-state index contributed by atoms with van der Waals surface area (Å²) in [7, 11) is 0. The highest BCUT2D eigenvalue weighted by atomic mass is 32.1. The van der Waals surface area contributed by atoms with E-state index in [1.807, 2.05) is 13.0 Å². The average Bonchev–Trinajstić information content (AvgIpc) is 2.70. The lowest BCUT2D eigenvalue weighted by Crippen LogP contribution is -2.15. The van der Waals surface area contributed by atoms with Crippen molar-refractivity contribution in [1.29, 1.82) is 0 Å². The van der Waals surface area contributed by atoms with Crippen LogP contribution in [-0.4, -0.2) is 22.1 Å². The number of aliphatic hydroxyl groups is 1. The molecule has 0 saturated heterocycles. The maximum absolute atomic E-state index is 11.4. The van der Waals surface area contributed by atoms with Crippen LogP contribution in [0.2, 0.25) is 0 Å². The van der Waals surface area contributed by atoms with E-state index in [-0.39, 0.29) is 6.61 Å². The zero-order chi connectivity index (χ0) is 12.4. The fourth-order valence-electron chi connectivity index (χ4n) is 1.61. The lowest BCUT2D eigenvalue weighted by Gasteiger charge is -2.09. The number of esters is 1. The molecule has 5 heteroatoms. The Morgan fingerprint density at radius 1 is 1.59 bits per heavy atom. The summed E-state index contributed by atoms with van der Waals surface area (Å²) in [6, 6.07) is 5.37. The number of fused-ring (bicyclic) bond motifs is 1. The second-order valence-corrected chi connectivity index (χ2v) is 4.48. The van der Waals surface area contributed by atoms with Crippen LogP contribution >= 0.6 is 11.5 Å².